The highest BCUT2D eigenvalue weighted by atomic mass is 35.5. The molecule has 1 fully saturated rings. The molecule has 8 heteroatoms. The van der Waals surface area contributed by atoms with Gasteiger partial charge in [-0.2, -0.15) is 23.3 Å². The third-order valence-corrected chi connectivity index (χ3v) is 4.79. The Hall–Kier alpha value is -1.60. The zero-order chi connectivity index (χ0) is 17.5. The Morgan fingerprint density at radius 3 is 2.62 bits per heavy atom. The van der Waals surface area contributed by atoms with E-state index >= 15 is 0 Å². The van der Waals surface area contributed by atoms with Crippen LogP contribution >= 0.6 is 11.6 Å². The van der Waals surface area contributed by atoms with Gasteiger partial charge >= 0.3 is 6.18 Å². The molecule has 1 aliphatic heterocycles. The van der Waals surface area contributed by atoms with Crippen LogP contribution in [0, 0.1) is 5.92 Å². The average molecular weight is 361 g/mol. The maximum atomic E-state index is 13.6. The minimum absolute atomic E-state index is 0.166. The third-order valence-electron chi connectivity index (χ3n) is 4.54. The number of amides is 1. The van der Waals surface area contributed by atoms with Crippen molar-refractivity contribution < 1.29 is 23.1 Å². The summed E-state index contributed by atoms with van der Waals surface area (Å²) in [5.74, 6) is -2.07. The van der Waals surface area contributed by atoms with Gasteiger partial charge in [0, 0.05) is 10.7 Å². The van der Waals surface area contributed by atoms with E-state index in [2.05, 4.69) is 5.10 Å². The Morgan fingerprint density at radius 1 is 1.33 bits per heavy atom. The molecular weight excluding hydrogens is 345 g/mol. The van der Waals surface area contributed by atoms with Gasteiger partial charge < -0.3 is 5.11 Å². The van der Waals surface area contributed by atoms with Crippen molar-refractivity contribution in [2.24, 2.45) is 11.0 Å². The Labute approximate surface area is 141 Å². The van der Waals surface area contributed by atoms with Crippen molar-refractivity contribution in [3.05, 3.63) is 34.9 Å². The average Bonchev–Trinajstić information content (AvgIpc) is 2.84. The van der Waals surface area contributed by atoms with E-state index in [0.29, 0.717) is 29.8 Å². The summed E-state index contributed by atoms with van der Waals surface area (Å²) in [4.78, 5) is 12.4. The molecule has 0 radical (unpaired) electrons. The number of hydrazone groups is 1. The molecule has 1 aliphatic carbocycles. The number of nitrogens with zero attached hydrogens (tertiary/aromatic N) is 2. The molecule has 1 heterocycles. The minimum atomic E-state index is -4.98. The number of hydrogen-bond donors (Lipinski definition) is 1. The van der Waals surface area contributed by atoms with Gasteiger partial charge in [0.15, 0.2) is 0 Å². The molecule has 1 N–H and O–H groups in total. The van der Waals surface area contributed by atoms with E-state index in [1.165, 1.54) is 0 Å². The Morgan fingerprint density at radius 2 is 2.00 bits per heavy atom. The smallest absolute Gasteiger partial charge is 0.362 e. The van der Waals surface area contributed by atoms with E-state index in [4.69, 9.17) is 11.6 Å². The first kappa shape index (κ1) is 17.2. The molecule has 0 unspecified atom stereocenters. The van der Waals surface area contributed by atoms with Gasteiger partial charge in [-0.1, -0.05) is 30.2 Å². The summed E-state index contributed by atoms with van der Waals surface area (Å²) >= 11 is 5.76. The Balaban J connectivity index is 1.90. The summed E-state index contributed by atoms with van der Waals surface area (Å²) < 4.78 is 40.7. The standard InChI is InChI=1S/C16H16ClF3N2O2/c17-11-7-5-10(6-8-11)9-14(23)22-15(24,16(18,19)20)12-3-1-2-4-13(12)21-22/h5-8,12,24H,1-4,9H2/t12-,15-/m0/s1. The number of carbonyl (C=O) groups is 1. The third kappa shape index (κ3) is 2.80. The highest BCUT2D eigenvalue weighted by Gasteiger charge is 2.68. The predicted octanol–water partition coefficient (Wildman–Crippen LogP) is 3.52. The molecule has 4 nitrogen and oxygen atoms in total. The van der Waals surface area contributed by atoms with Crippen molar-refractivity contribution in [2.75, 3.05) is 0 Å². The summed E-state index contributed by atoms with van der Waals surface area (Å²) in [6.45, 7) is 0. The summed E-state index contributed by atoms with van der Waals surface area (Å²) in [7, 11) is 0. The van der Waals surface area contributed by atoms with Crippen LogP contribution in [0.25, 0.3) is 0 Å². The summed E-state index contributed by atoms with van der Waals surface area (Å²) in [6, 6.07) is 6.22. The van der Waals surface area contributed by atoms with Gasteiger partial charge in [-0.15, -0.1) is 0 Å². The number of aliphatic hydroxyl groups is 1. The number of carbonyl (C=O) groups excluding carboxylic acids is 1. The zero-order valence-corrected chi connectivity index (χ0v) is 13.4. The van der Waals surface area contributed by atoms with Crippen molar-refractivity contribution in [1.29, 1.82) is 0 Å². The number of rotatable bonds is 2. The maximum Gasteiger partial charge on any atom is 0.439 e. The van der Waals surface area contributed by atoms with Crippen molar-refractivity contribution in [2.45, 2.75) is 44.0 Å². The SMILES string of the molecule is O=C(Cc1ccc(Cl)cc1)N1N=C2CCCC[C@@H]2[C@]1(O)C(F)(F)F. The second-order valence-corrected chi connectivity index (χ2v) is 6.56. The lowest BCUT2D eigenvalue weighted by Crippen LogP contribution is -2.61. The van der Waals surface area contributed by atoms with Crippen LogP contribution in [0.15, 0.2) is 29.4 Å². The van der Waals surface area contributed by atoms with Crippen molar-refractivity contribution in [1.82, 2.24) is 5.01 Å². The number of alkyl halides is 3. The van der Waals surface area contributed by atoms with Gasteiger partial charge in [-0.3, -0.25) is 4.79 Å². The topological polar surface area (TPSA) is 52.9 Å². The van der Waals surface area contributed by atoms with E-state index in [-0.39, 0.29) is 23.6 Å². The minimum Gasteiger partial charge on any atom is -0.362 e. The molecule has 0 aromatic heterocycles. The first-order chi connectivity index (χ1) is 11.2. The van der Waals surface area contributed by atoms with Crippen LogP contribution in [0.1, 0.15) is 31.2 Å². The highest BCUT2D eigenvalue weighted by Crippen LogP contribution is 2.48. The van der Waals surface area contributed by atoms with Gasteiger partial charge in [0.25, 0.3) is 5.72 Å². The van der Waals surface area contributed by atoms with E-state index in [0.717, 1.165) is 0 Å². The van der Waals surface area contributed by atoms with E-state index < -0.39 is 23.7 Å². The van der Waals surface area contributed by atoms with Crippen molar-refractivity contribution in [3.63, 3.8) is 0 Å². The van der Waals surface area contributed by atoms with Crippen LogP contribution in [0.2, 0.25) is 5.02 Å². The Bertz CT molecular complexity index is 675. The molecule has 0 saturated heterocycles. The van der Waals surface area contributed by atoms with Crippen molar-refractivity contribution in [3.8, 4) is 0 Å². The van der Waals surface area contributed by atoms with Gasteiger partial charge in [-0.25, -0.2) is 0 Å². The number of benzene rings is 1. The molecule has 2 atom stereocenters. The quantitative estimate of drug-likeness (QED) is 0.877. The van der Waals surface area contributed by atoms with Crippen LogP contribution in [0.4, 0.5) is 13.2 Å². The Kier molecular flexibility index (Phi) is 4.34. The van der Waals surface area contributed by atoms with E-state index in [9.17, 15) is 23.1 Å². The predicted molar refractivity (Wildman–Crippen MR) is 82.4 cm³/mol. The normalized spacial score (nSPS) is 27.0. The molecule has 2 aliphatic rings. The van der Waals surface area contributed by atoms with E-state index in [1.807, 2.05) is 0 Å². The lowest BCUT2D eigenvalue weighted by molar-refractivity contribution is -0.317. The largest absolute Gasteiger partial charge is 0.439 e. The zero-order valence-electron chi connectivity index (χ0n) is 12.7. The molecular formula is C16H16ClF3N2O2. The van der Waals surface area contributed by atoms with Crippen LogP contribution in [0.5, 0.6) is 0 Å². The lowest BCUT2D eigenvalue weighted by Gasteiger charge is -2.38. The molecule has 1 amide bonds. The van der Waals surface area contributed by atoms with Gasteiger partial charge in [-0.05, 0) is 37.0 Å². The fraction of sp³-hybridized carbons (Fsp3) is 0.500. The van der Waals surface area contributed by atoms with Gasteiger partial charge in [0.05, 0.1) is 12.3 Å². The molecule has 3 rings (SSSR count). The number of hydrogen-bond acceptors (Lipinski definition) is 3. The van der Waals surface area contributed by atoms with Gasteiger partial charge in [0.1, 0.15) is 0 Å². The van der Waals surface area contributed by atoms with Crippen LogP contribution < -0.4 is 0 Å². The molecule has 24 heavy (non-hydrogen) atoms. The fourth-order valence-corrected chi connectivity index (χ4v) is 3.44. The van der Waals surface area contributed by atoms with E-state index in [1.54, 1.807) is 24.3 Å². The van der Waals surface area contributed by atoms with Gasteiger partial charge in [0.2, 0.25) is 5.91 Å². The second-order valence-electron chi connectivity index (χ2n) is 6.12. The molecule has 0 bridgehead atoms. The molecule has 1 aromatic rings. The lowest BCUT2D eigenvalue weighted by atomic mass is 9.80. The molecule has 1 saturated carbocycles. The van der Waals surface area contributed by atoms with Crippen molar-refractivity contribution >= 4 is 23.2 Å². The molecule has 0 spiro atoms. The van der Waals surface area contributed by atoms with Crippen LogP contribution in [0.3, 0.4) is 0 Å². The van der Waals surface area contributed by atoms with Crippen LogP contribution in [-0.2, 0) is 11.2 Å². The second kappa shape index (κ2) is 6.04. The fourth-order valence-electron chi connectivity index (χ4n) is 3.32. The maximum absolute atomic E-state index is 13.6. The monoisotopic (exact) mass is 360 g/mol. The first-order valence-electron chi connectivity index (χ1n) is 7.67. The first-order valence-corrected chi connectivity index (χ1v) is 8.05. The molecule has 1 aromatic carbocycles. The number of fused-ring (bicyclic) bond motifs is 1. The summed E-state index contributed by atoms with van der Waals surface area (Å²) in [5.41, 5.74) is -2.50. The summed E-state index contributed by atoms with van der Waals surface area (Å²) in [6.07, 6.45) is -3.45. The molecule has 130 valence electrons. The number of halogens is 4. The summed E-state index contributed by atoms with van der Waals surface area (Å²) in [5, 5.41) is 15.0. The van der Waals surface area contributed by atoms with Crippen LogP contribution in [-0.4, -0.2) is 33.6 Å². The highest BCUT2D eigenvalue weighted by molar-refractivity contribution is 6.30.